The van der Waals surface area contributed by atoms with Crippen molar-refractivity contribution in [3.05, 3.63) is 51.7 Å². The van der Waals surface area contributed by atoms with Crippen LogP contribution in [0.2, 0.25) is 0 Å². The minimum Gasteiger partial charge on any atom is -0.497 e. The second kappa shape index (κ2) is 8.78. The number of aryl methyl sites for hydroxylation is 1. The Balaban J connectivity index is 1.89. The van der Waals surface area contributed by atoms with Crippen molar-refractivity contribution in [1.82, 2.24) is 4.90 Å². The molecule has 3 rings (SSSR count). The van der Waals surface area contributed by atoms with E-state index in [1.54, 1.807) is 7.11 Å². The van der Waals surface area contributed by atoms with Gasteiger partial charge in [-0.05, 0) is 67.8 Å². The summed E-state index contributed by atoms with van der Waals surface area (Å²) < 4.78 is 10.8. The first-order valence-corrected chi connectivity index (χ1v) is 10.5. The van der Waals surface area contributed by atoms with Crippen molar-refractivity contribution in [2.24, 2.45) is 5.41 Å². The number of likely N-dealkylation sites (tertiary alicyclic amines) is 1. The summed E-state index contributed by atoms with van der Waals surface area (Å²) in [6.07, 6.45) is 2.01. The van der Waals surface area contributed by atoms with Crippen LogP contribution in [0, 0.1) is 12.3 Å². The molecule has 1 amide bonds. The van der Waals surface area contributed by atoms with Gasteiger partial charge in [-0.2, -0.15) is 0 Å². The fourth-order valence-corrected chi connectivity index (χ4v) is 4.77. The molecule has 0 saturated carbocycles. The molecule has 0 radical (unpaired) electrons. The summed E-state index contributed by atoms with van der Waals surface area (Å²) >= 11 is 1.46. The number of piperidine rings is 1. The summed E-state index contributed by atoms with van der Waals surface area (Å²) in [5.41, 5.74) is 1.26. The molecule has 0 spiro atoms. The summed E-state index contributed by atoms with van der Waals surface area (Å²) in [5.74, 6) is 0.541. The fraction of sp³-hybridized carbons (Fsp3) is 0.455. The number of benzene rings is 1. The lowest BCUT2D eigenvalue weighted by molar-refractivity contribution is -0.158. The van der Waals surface area contributed by atoms with Crippen molar-refractivity contribution in [1.29, 1.82) is 0 Å². The molecule has 5 nitrogen and oxygen atoms in total. The summed E-state index contributed by atoms with van der Waals surface area (Å²) in [4.78, 5) is 28.6. The van der Waals surface area contributed by atoms with Crippen LogP contribution in [-0.4, -0.2) is 43.6 Å². The van der Waals surface area contributed by atoms with Crippen LogP contribution in [0.25, 0.3) is 0 Å². The number of rotatable bonds is 6. The number of carbonyl (C=O) groups is 2. The van der Waals surface area contributed by atoms with Gasteiger partial charge < -0.3 is 14.4 Å². The maximum Gasteiger partial charge on any atom is 0.314 e. The molecule has 1 atom stereocenters. The predicted octanol–water partition coefficient (Wildman–Crippen LogP) is 4.09. The standard InChI is InChI=1S/C22H27NO4S/c1-4-27-21(25)22(14-17-7-5-8-18(13-17)26-3)10-6-11-23(15-22)20(24)19-16(2)9-12-28-19/h5,7-9,12-13H,4,6,10-11,14-15H2,1-3H3. The van der Waals surface area contributed by atoms with Crippen LogP contribution in [-0.2, 0) is 16.0 Å². The number of nitrogens with zero attached hydrogens (tertiary/aromatic N) is 1. The lowest BCUT2D eigenvalue weighted by Crippen LogP contribution is -2.51. The second-order valence-corrected chi connectivity index (χ2v) is 8.21. The largest absolute Gasteiger partial charge is 0.497 e. The van der Waals surface area contributed by atoms with Crippen LogP contribution < -0.4 is 4.74 Å². The van der Waals surface area contributed by atoms with Crippen LogP contribution in [0.15, 0.2) is 35.7 Å². The Hall–Kier alpha value is -2.34. The zero-order valence-corrected chi connectivity index (χ0v) is 17.5. The Morgan fingerprint density at radius 2 is 2.11 bits per heavy atom. The smallest absolute Gasteiger partial charge is 0.314 e. The highest BCUT2D eigenvalue weighted by molar-refractivity contribution is 7.12. The quantitative estimate of drug-likeness (QED) is 0.684. The maximum absolute atomic E-state index is 13.1. The maximum atomic E-state index is 13.1. The number of hydrogen-bond acceptors (Lipinski definition) is 5. The summed E-state index contributed by atoms with van der Waals surface area (Å²) in [5, 5.41) is 1.93. The van der Waals surface area contributed by atoms with Gasteiger partial charge >= 0.3 is 5.97 Å². The van der Waals surface area contributed by atoms with Crippen LogP contribution in [0.3, 0.4) is 0 Å². The van der Waals surface area contributed by atoms with Crippen molar-refractivity contribution in [2.75, 3.05) is 26.8 Å². The molecule has 150 valence electrons. The normalized spacial score (nSPS) is 19.3. The van der Waals surface area contributed by atoms with Gasteiger partial charge in [-0.15, -0.1) is 11.3 Å². The first-order valence-electron chi connectivity index (χ1n) is 9.62. The van der Waals surface area contributed by atoms with Crippen molar-refractivity contribution in [3.63, 3.8) is 0 Å². The number of amides is 1. The summed E-state index contributed by atoms with van der Waals surface area (Å²) in [6, 6.07) is 9.71. The Morgan fingerprint density at radius 1 is 1.29 bits per heavy atom. The minimum absolute atomic E-state index is 0.00603. The van der Waals surface area contributed by atoms with Gasteiger partial charge in [-0.25, -0.2) is 0 Å². The highest BCUT2D eigenvalue weighted by Gasteiger charge is 2.45. The third kappa shape index (κ3) is 4.22. The SMILES string of the molecule is CCOC(=O)C1(Cc2cccc(OC)c2)CCCN(C(=O)c2sccc2C)C1. The van der Waals surface area contributed by atoms with Crippen LogP contribution in [0.4, 0.5) is 0 Å². The third-order valence-corrected chi connectivity index (χ3v) is 6.31. The number of esters is 1. The topological polar surface area (TPSA) is 55.8 Å². The molecular weight excluding hydrogens is 374 g/mol. The molecule has 2 heterocycles. The zero-order valence-electron chi connectivity index (χ0n) is 16.7. The molecular formula is C22H27NO4S. The molecule has 1 aliphatic heterocycles. The summed E-state index contributed by atoms with van der Waals surface area (Å²) in [6.45, 7) is 5.13. The van der Waals surface area contributed by atoms with Gasteiger partial charge in [0.05, 0.1) is 24.0 Å². The first kappa shape index (κ1) is 20.4. The highest BCUT2D eigenvalue weighted by Crippen LogP contribution is 2.37. The molecule has 0 aliphatic carbocycles. The van der Waals surface area contributed by atoms with Gasteiger partial charge in [0.15, 0.2) is 0 Å². The Bertz CT molecular complexity index is 847. The van der Waals surface area contributed by atoms with E-state index >= 15 is 0 Å². The molecule has 1 aliphatic rings. The number of thiophene rings is 1. The van der Waals surface area contributed by atoms with Gasteiger partial charge in [-0.3, -0.25) is 9.59 Å². The van der Waals surface area contributed by atoms with Crippen LogP contribution in [0.1, 0.15) is 40.6 Å². The first-order chi connectivity index (χ1) is 13.5. The van der Waals surface area contributed by atoms with E-state index in [0.717, 1.165) is 28.2 Å². The van der Waals surface area contributed by atoms with E-state index in [1.807, 2.05) is 54.5 Å². The molecule has 1 fully saturated rings. The molecule has 1 aromatic carbocycles. The molecule has 1 saturated heterocycles. The third-order valence-electron chi connectivity index (χ3n) is 5.31. The predicted molar refractivity (Wildman–Crippen MR) is 110 cm³/mol. The van der Waals surface area contributed by atoms with Crippen molar-refractivity contribution < 1.29 is 19.1 Å². The minimum atomic E-state index is -0.735. The van der Waals surface area contributed by atoms with Crippen molar-refractivity contribution >= 4 is 23.2 Å². The van der Waals surface area contributed by atoms with E-state index in [-0.39, 0.29) is 11.9 Å². The second-order valence-electron chi connectivity index (χ2n) is 7.29. The van der Waals surface area contributed by atoms with Crippen LogP contribution >= 0.6 is 11.3 Å². The van der Waals surface area contributed by atoms with Gasteiger partial charge in [0.1, 0.15) is 5.75 Å². The van der Waals surface area contributed by atoms with E-state index in [9.17, 15) is 9.59 Å². The number of methoxy groups -OCH3 is 1. The van der Waals surface area contributed by atoms with Crippen molar-refractivity contribution in [3.8, 4) is 5.75 Å². The van der Waals surface area contributed by atoms with Gasteiger partial charge in [0.2, 0.25) is 0 Å². The number of hydrogen-bond donors (Lipinski definition) is 0. The average molecular weight is 402 g/mol. The van der Waals surface area contributed by atoms with Gasteiger partial charge in [-0.1, -0.05) is 12.1 Å². The van der Waals surface area contributed by atoms with E-state index in [4.69, 9.17) is 9.47 Å². The Morgan fingerprint density at radius 3 is 2.79 bits per heavy atom. The monoisotopic (exact) mass is 401 g/mol. The molecule has 6 heteroatoms. The molecule has 1 aromatic heterocycles. The van der Waals surface area contributed by atoms with Gasteiger partial charge in [0, 0.05) is 13.1 Å². The fourth-order valence-electron chi connectivity index (χ4n) is 3.88. The highest BCUT2D eigenvalue weighted by atomic mass is 32.1. The average Bonchev–Trinajstić information content (AvgIpc) is 3.13. The van der Waals surface area contributed by atoms with E-state index in [1.165, 1.54) is 11.3 Å². The van der Waals surface area contributed by atoms with Crippen LogP contribution in [0.5, 0.6) is 5.75 Å². The van der Waals surface area contributed by atoms with Crippen molar-refractivity contribution in [2.45, 2.75) is 33.1 Å². The van der Waals surface area contributed by atoms with Gasteiger partial charge in [0.25, 0.3) is 5.91 Å². The Kier molecular flexibility index (Phi) is 6.39. The van der Waals surface area contributed by atoms with E-state index < -0.39 is 5.41 Å². The molecule has 2 aromatic rings. The lowest BCUT2D eigenvalue weighted by atomic mass is 9.75. The molecule has 28 heavy (non-hydrogen) atoms. The zero-order chi connectivity index (χ0) is 20.1. The number of ether oxygens (including phenoxy) is 2. The van der Waals surface area contributed by atoms with E-state index in [0.29, 0.717) is 32.5 Å². The van der Waals surface area contributed by atoms with E-state index in [2.05, 4.69) is 0 Å². The summed E-state index contributed by atoms with van der Waals surface area (Å²) in [7, 11) is 1.63. The molecule has 0 N–H and O–H groups in total. The molecule has 1 unspecified atom stereocenters. The Labute approximate surface area is 170 Å². The lowest BCUT2D eigenvalue weighted by Gasteiger charge is -2.41. The number of carbonyl (C=O) groups excluding carboxylic acids is 2. The molecule has 0 bridgehead atoms.